The van der Waals surface area contributed by atoms with Crippen LogP contribution in [0.3, 0.4) is 0 Å². The predicted molar refractivity (Wildman–Crippen MR) is 57.0 cm³/mol. The van der Waals surface area contributed by atoms with Crippen molar-refractivity contribution in [3.05, 3.63) is 41.4 Å². The van der Waals surface area contributed by atoms with Crippen LogP contribution in [0.15, 0.2) is 40.0 Å². The van der Waals surface area contributed by atoms with Gasteiger partial charge in [-0.3, -0.25) is 5.43 Å². The lowest BCUT2D eigenvalue weighted by atomic mass is 10.5. The molecule has 2 aromatic rings. The van der Waals surface area contributed by atoms with Gasteiger partial charge in [0.05, 0.1) is 12.5 Å². The third-order valence-corrected chi connectivity index (χ3v) is 1.75. The number of nitrogens with one attached hydrogen (secondary N) is 1. The highest BCUT2D eigenvalue weighted by atomic mass is 35.5. The lowest BCUT2D eigenvalue weighted by Crippen LogP contribution is -1.94. The van der Waals surface area contributed by atoms with Gasteiger partial charge >= 0.3 is 0 Å². The van der Waals surface area contributed by atoms with E-state index >= 15 is 0 Å². The highest BCUT2D eigenvalue weighted by molar-refractivity contribution is 6.29. The van der Waals surface area contributed by atoms with E-state index in [0.717, 1.165) is 0 Å². The molecule has 0 aliphatic carbocycles. The van der Waals surface area contributed by atoms with Crippen molar-refractivity contribution in [1.29, 1.82) is 0 Å². The molecule has 0 bridgehead atoms. The summed E-state index contributed by atoms with van der Waals surface area (Å²) < 4.78 is 5.04. The van der Waals surface area contributed by atoms with Gasteiger partial charge in [-0.15, -0.1) is 10.2 Å². The number of furan rings is 1. The minimum Gasteiger partial charge on any atom is -0.463 e. The molecule has 2 heterocycles. The van der Waals surface area contributed by atoms with Gasteiger partial charge in [-0.2, -0.15) is 5.10 Å². The second kappa shape index (κ2) is 4.56. The Labute approximate surface area is 90.8 Å². The molecule has 5 nitrogen and oxygen atoms in total. The summed E-state index contributed by atoms with van der Waals surface area (Å²) in [5.41, 5.74) is 2.69. The van der Waals surface area contributed by atoms with Crippen LogP contribution in [-0.2, 0) is 0 Å². The first-order valence-corrected chi connectivity index (χ1v) is 4.54. The van der Waals surface area contributed by atoms with E-state index in [9.17, 15) is 0 Å². The van der Waals surface area contributed by atoms with E-state index in [0.29, 0.717) is 16.7 Å². The molecule has 0 atom stereocenters. The summed E-state index contributed by atoms with van der Waals surface area (Å²) in [7, 11) is 0. The topological polar surface area (TPSA) is 63.3 Å². The first-order valence-electron chi connectivity index (χ1n) is 4.16. The zero-order chi connectivity index (χ0) is 10.5. The Balaban J connectivity index is 1.96. The second-order valence-corrected chi connectivity index (χ2v) is 3.01. The number of halogens is 1. The van der Waals surface area contributed by atoms with Crippen molar-refractivity contribution in [3.8, 4) is 0 Å². The Morgan fingerprint density at radius 2 is 2.27 bits per heavy atom. The van der Waals surface area contributed by atoms with Crippen LogP contribution >= 0.6 is 11.6 Å². The fraction of sp³-hybridized carbons (Fsp3) is 0. The molecule has 76 valence electrons. The van der Waals surface area contributed by atoms with E-state index < -0.39 is 0 Å². The molecule has 6 heteroatoms. The maximum atomic E-state index is 5.57. The molecule has 0 saturated carbocycles. The molecule has 0 fully saturated rings. The van der Waals surface area contributed by atoms with Gasteiger partial charge < -0.3 is 4.42 Å². The van der Waals surface area contributed by atoms with E-state index in [4.69, 9.17) is 16.0 Å². The van der Waals surface area contributed by atoms with Crippen molar-refractivity contribution < 1.29 is 4.42 Å². The number of rotatable bonds is 3. The molecular formula is C9H7ClN4O. The molecule has 0 aliphatic rings. The number of aromatic nitrogens is 2. The maximum absolute atomic E-state index is 5.57. The molecule has 0 saturated heterocycles. The van der Waals surface area contributed by atoms with Crippen LogP contribution < -0.4 is 5.43 Å². The maximum Gasteiger partial charge on any atom is 0.168 e. The van der Waals surface area contributed by atoms with Gasteiger partial charge in [-0.25, -0.2) is 0 Å². The van der Waals surface area contributed by atoms with Crippen molar-refractivity contribution in [1.82, 2.24) is 10.2 Å². The van der Waals surface area contributed by atoms with Crippen LogP contribution in [0.2, 0.25) is 5.15 Å². The molecule has 0 amide bonds. The standard InChI is InChI=1S/C9H7ClN4O/c10-8-3-4-9(14-12-8)13-11-6-7-2-1-5-15-7/h1-6H,(H,13,14)/b11-6+. The van der Waals surface area contributed by atoms with E-state index in [1.165, 1.54) is 6.21 Å². The normalized spacial score (nSPS) is 10.7. The minimum absolute atomic E-state index is 0.343. The van der Waals surface area contributed by atoms with Gasteiger partial charge in [0.2, 0.25) is 0 Å². The third-order valence-electron chi connectivity index (χ3n) is 1.55. The summed E-state index contributed by atoms with van der Waals surface area (Å²) in [6.45, 7) is 0. The van der Waals surface area contributed by atoms with Crippen molar-refractivity contribution in [2.75, 3.05) is 5.43 Å². The number of hydrogen-bond donors (Lipinski definition) is 1. The zero-order valence-corrected chi connectivity index (χ0v) is 8.35. The highest BCUT2D eigenvalue weighted by Gasteiger charge is 1.92. The van der Waals surface area contributed by atoms with Crippen LogP contribution in [0.1, 0.15) is 5.76 Å². The van der Waals surface area contributed by atoms with Crippen molar-refractivity contribution >= 4 is 23.6 Å². The molecule has 2 aromatic heterocycles. The molecule has 2 rings (SSSR count). The van der Waals surface area contributed by atoms with Crippen molar-refractivity contribution in [2.45, 2.75) is 0 Å². The first kappa shape index (κ1) is 9.67. The number of hydrazone groups is 1. The quantitative estimate of drug-likeness (QED) is 0.639. The molecule has 0 radical (unpaired) electrons. The third kappa shape index (κ3) is 2.78. The molecule has 0 unspecified atom stereocenters. The van der Waals surface area contributed by atoms with Gasteiger partial charge in [0.15, 0.2) is 11.0 Å². The van der Waals surface area contributed by atoms with Crippen molar-refractivity contribution in [2.24, 2.45) is 5.10 Å². The summed E-state index contributed by atoms with van der Waals surface area (Å²) >= 11 is 5.57. The fourth-order valence-corrected chi connectivity index (χ4v) is 1.00. The van der Waals surface area contributed by atoms with Crippen LogP contribution in [0.25, 0.3) is 0 Å². The first-order chi connectivity index (χ1) is 7.34. The van der Waals surface area contributed by atoms with Crippen LogP contribution in [0, 0.1) is 0 Å². The van der Waals surface area contributed by atoms with Crippen LogP contribution in [0.5, 0.6) is 0 Å². The Kier molecular flexibility index (Phi) is 2.94. The Bertz CT molecular complexity index is 438. The zero-order valence-electron chi connectivity index (χ0n) is 7.59. The van der Waals surface area contributed by atoms with E-state index in [2.05, 4.69) is 20.7 Å². The Morgan fingerprint density at radius 1 is 1.33 bits per heavy atom. The molecule has 0 aromatic carbocycles. The molecule has 0 spiro atoms. The summed E-state index contributed by atoms with van der Waals surface area (Å²) in [6.07, 6.45) is 3.11. The Morgan fingerprint density at radius 3 is 2.93 bits per heavy atom. The SMILES string of the molecule is Clc1ccc(N/N=C/c2ccco2)nn1. The fourth-order valence-electron chi connectivity index (χ4n) is 0.902. The molecule has 0 aliphatic heterocycles. The van der Waals surface area contributed by atoms with Crippen LogP contribution in [0.4, 0.5) is 5.82 Å². The largest absolute Gasteiger partial charge is 0.463 e. The second-order valence-electron chi connectivity index (χ2n) is 2.63. The summed E-state index contributed by atoms with van der Waals surface area (Å²) in [5.74, 6) is 1.17. The number of nitrogens with zero attached hydrogens (tertiary/aromatic N) is 3. The average Bonchev–Trinajstić information content (AvgIpc) is 2.74. The van der Waals surface area contributed by atoms with Crippen LogP contribution in [-0.4, -0.2) is 16.4 Å². The molecule has 15 heavy (non-hydrogen) atoms. The van der Waals surface area contributed by atoms with Crippen molar-refractivity contribution in [3.63, 3.8) is 0 Å². The monoisotopic (exact) mass is 222 g/mol. The van der Waals surface area contributed by atoms with Gasteiger partial charge in [-0.1, -0.05) is 11.6 Å². The summed E-state index contributed by atoms with van der Waals surface area (Å²) in [6, 6.07) is 6.87. The minimum atomic E-state index is 0.343. The van der Waals surface area contributed by atoms with Gasteiger partial charge in [0, 0.05) is 0 Å². The Hall–Kier alpha value is -1.88. The van der Waals surface area contributed by atoms with E-state index in [-0.39, 0.29) is 0 Å². The summed E-state index contributed by atoms with van der Waals surface area (Å²) in [5, 5.41) is 11.7. The highest BCUT2D eigenvalue weighted by Crippen LogP contribution is 2.05. The van der Waals surface area contributed by atoms with Gasteiger partial charge in [0.1, 0.15) is 5.76 Å². The molecular weight excluding hydrogens is 216 g/mol. The smallest absolute Gasteiger partial charge is 0.168 e. The van der Waals surface area contributed by atoms with Gasteiger partial charge in [-0.05, 0) is 24.3 Å². The lowest BCUT2D eigenvalue weighted by molar-refractivity contribution is 0.560. The number of anilines is 1. The predicted octanol–water partition coefficient (Wildman–Crippen LogP) is 2.17. The van der Waals surface area contributed by atoms with E-state index in [1.807, 2.05) is 0 Å². The number of hydrogen-bond acceptors (Lipinski definition) is 5. The van der Waals surface area contributed by atoms with E-state index in [1.54, 1.807) is 30.5 Å². The van der Waals surface area contributed by atoms with Gasteiger partial charge in [0.25, 0.3) is 0 Å². The average molecular weight is 223 g/mol. The summed E-state index contributed by atoms with van der Waals surface area (Å²) in [4.78, 5) is 0. The lowest BCUT2D eigenvalue weighted by Gasteiger charge is -1.95. The molecule has 1 N–H and O–H groups in total.